The molecular formula is C14H13ClN2O3. The number of nitrogens with one attached hydrogen (secondary N) is 1. The molecule has 0 aliphatic heterocycles. The van der Waals surface area contributed by atoms with Crippen LogP contribution in [0, 0.1) is 17.0 Å². The molecule has 0 bridgehead atoms. The summed E-state index contributed by atoms with van der Waals surface area (Å²) in [5.41, 5.74) is 1.89. The van der Waals surface area contributed by atoms with Crippen molar-refractivity contribution in [2.45, 2.75) is 13.5 Å². The van der Waals surface area contributed by atoms with Gasteiger partial charge in [0.05, 0.1) is 4.92 Å². The minimum Gasteiger partial charge on any atom is -0.508 e. The van der Waals surface area contributed by atoms with Gasteiger partial charge in [-0.25, -0.2) is 0 Å². The Labute approximate surface area is 121 Å². The second-order valence-electron chi connectivity index (χ2n) is 4.33. The van der Waals surface area contributed by atoms with Gasteiger partial charge >= 0.3 is 0 Å². The first-order valence-electron chi connectivity index (χ1n) is 5.94. The van der Waals surface area contributed by atoms with Crippen LogP contribution >= 0.6 is 11.6 Å². The number of anilines is 1. The van der Waals surface area contributed by atoms with E-state index in [2.05, 4.69) is 5.32 Å². The number of phenols is 1. The van der Waals surface area contributed by atoms with Crippen molar-refractivity contribution in [3.05, 3.63) is 62.7 Å². The normalized spacial score (nSPS) is 10.3. The lowest BCUT2D eigenvalue weighted by Gasteiger charge is -2.11. The van der Waals surface area contributed by atoms with Crippen molar-refractivity contribution in [2.75, 3.05) is 5.32 Å². The van der Waals surface area contributed by atoms with E-state index in [4.69, 9.17) is 11.6 Å². The Hall–Kier alpha value is -2.27. The average Bonchev–Trinajstić information content (AvgIpc) is 2.41. The number of halogens is 1. The zero-order valence-electron chi connectivity index (χ0n) is 10.8. The lowest BCUT2D eigenvalue weighted by atomic mass is 10.1. The number of nitro groups is 1. The molecule has 0 radical (unpaired) electrons. The van der Waals surface area contributed by atoms with Crippen molar-refractivity contribution in [1.82, 2.24) is 0 Å². The summed E-state index contributed by atoms with van der Waals surface area (Å²) < 4.78 is 0. The summed E-state index contributed by atoms with van der Waals surface area (Å²) in [7, 11) is 0. The molecule has 0 heterocycles. The Balaban J connectivity index is 2.21. The van der Waals surface area contributed by atoms with Crippen molar-refractivity contribution in [2.24, 2.45) is 0 Å². The molecule has 20 heavy (non-hydrogen) atoms. The van der Waals surface area contributed by atoms with E-state index in [9.17, 15) is 15.2 Å². The first kappa shape index (κ1) is 14.1. The van der Waals surface area contributed by atoms with E-state index >= 15 is 0 Å². The van der Waals surface area contributed by atoms with Gasteiger partial charge in [0.25, 0.3) is 5.69 Å². The Morgan fingerprint density at radius 2 is 2.10 bits per heavy atom. The van der Waals surface area contributed by atoms with E-state index in [0.29, 0.717) is 28.4 Å². The fourth-order valence-electron chi connectivity index (χ4n) is 1.90. The lowest BCUT2D eigenvalue weighted by Crippen LogP contribution is -2.03. The van der Waals surface area contributed by atoms with E-state index in [1.165, 1.54) is 12.1 Å². The van der Waals surface area contributed by atoms with Crippen LogP contribution in [0.4, 0.5) is 11.4 Å². The lowest BCUT2D eigenvalue weighted by molar-refractivity contribution is -0.385. The van der Waals surface area contributed by atoms with E-state index in [1.54, 1.807) is 31.2 Å². The molecule has 0 atom stereocenters. The third kappa shape index (κ3) is 3.00. The SMILES string of the molecule is Cc1c(NCc2cc(Cl)ccc2O)cccc1[N+](=O)[O-]. The van der Waals surface area contributed by atoms with Gasteiger partial charge in [-0.3, -0.25) is 10.1 Å². The first-order chi connectivity index (χ1) is 9.49. The maximum Gasteiger partial charge on any atom is 0.274 e. The molecule has 2 aromatic carbocycles. The molecular weight excluding hydrogens is 280 g/mol. The van der Waals surface area contributed by atoms with Crippen LogP contribution in [-0.2, 0) is 6.54 Å². The van der Waals surface area contributed by atoms with Crippen molar-refractivity contribution in [1.29, 1.82) is 0 Å². The molecule has 2 N–H and O–H groups in total. The maximum absolute atomic E-state index is 10.9. The van der Waals surface area contributed by atoms with Crippen molar-refractivity contribution in [3.63, 3.8) is 0 Å². The second-order valence-corrected chi connectivity index (χ2v) is 4.77. The Kier molecular flexibility index (Phi) is 4.10. The zero-order chi connectivity index (χ0) is 14.7. The number of aromatic hydroxyl groups is 1. The molecule has 0 saturated heterocycles. The monoisotopic (exact) mass is 292 g/mol. The second kappa shape index (κ2) is 5.79. The summed E-state index contributed by atoms with van der Waals surface area (Å²) in [5.74, 6) is 0.130. The number of hydrogen-bond acceptors (Lipinski definition) is 4. The first-order valence-corrected chi connectivity index (χ1v) is 6.32. The molecule has 2 rings (SSSR count). The molecule has 5 nitrogen and oxygen atoms in total. The molecule has 0 aromatic heterocycles. The summed E-state index contributed by atoms with van der Waals surface area (Å²) in [6, 6.07) is 9.59. The minimum absolute atomic E-state index is 0.0605. The van der Waals surface area contributed by atoms with Gasteiger partial charge < -0.3 is 10.4 Å². The van der Waals surface area contributed by atoms with E-state index in [1.807, 2.05) is 0 Å². The number of phenolic OH excluding ortho intramolecular Hbond substituents is 1. The summed E-state index contributed by atoms with van der Waals surface area (Å²) in [6.45, 7) is 2.01. The predicted molar refractivity (Wildman–Crippen MR) is 78.3 cm³/mol. The van der Waals surface area contributed by atoms with Gasteiger partial charge in [-0.1, -0.05) is 17.7 Å². The molecule has 0 aliphatic rings. The van der Waals surface area contributed by atoms with Gasteiger partial charge in [0, 0.05) is 34.4 Å². The molecule has 0 fully saturated rings. The van der Waals surface area contributed by atoms with Crippen LogP contribution in [0.2, 0.25) is 5.02 Å². The molecule has 0 spiro atoms. The van der Waals surface area contributed by atoms with E-state index < -0.39 is 4.92 Å². The molecule has 0 aliphatic carbocycles. The third-order valence-corrected chi connectivity index (χ3v) is 3.25. The van der Waals surface area contributed by atoms with E-state index in [0.717, 1.165) is 0 Å². The summed E-state index contributed by atoms with van der Waals surface area (Å²) in [5, 5.41) is 24.2. The van der Waals surface area contributed by atoms with Crippen LogP contribution in [0.1, 0.15) is 11.1 Å². The Morgan fingerprint density at radius 1 is 1.35 bits per heavy atom. The highest BCUT2D eigenvalue weighted by atomic mass is 35.5. The minimum atomic E-state index is -0.419. The number of hydrogen-bond donors (Lipinski definition) is 2. The Bertz CT molecular complexity index is 659. The highest BCUT2D eigenvalue weighted by Gasteiger charge is 2.13. The number of nitro benzene ring substituents is 1. The van der Waals surface area contributed by atoms with Gasteiger partial charge in [0.2, 0.25) is 0 Å². The molecule has 6 heteroatoms. The van der Waals surface area contributed by atoms with Crippen molar-refractivity contribution >= 4 is 23.0 Å². The fraction of sp³-hybridized carbons (Fsp3) is 0.143. The van der Waals surface area contributed by atoms with Crippen LogP contribution < -0.4 is 5.32 Å². The fourth-order valence-corrected chi connectivity index (χ4v) is 2.09. The van der Waals surface area contributed by atoms with Crippen molar-refractivity contribution in [3.8, 4) is 5.75 Å². The Morgan fingerprint density at radius 3 is 2.80 bits per heavy atom. The van der Waals surface area contributed by atoms with Crippen LogP contribution in [0.5, 0.6) is 5.75 Å². The predicted octanol–water partition coefficient (Wildman–Crippen LogP) is 3.87. The molecule has 2 aromatic rings. The highest BCUT2D eigenvalue weighted by Crippen LogP contribution is 2.27. The zero-order valence-corrected chi connectivity index (χ0v) is 11.5. The molecule has 0 unspecified atom stereocenters. The smallest absolute Gasteiger partial charge is 0.274 e. The molecule has 0 amide bonds. The quantitative estimate of drug-likeness (QED) is 0.662. The summed E-state index contributed by atoms with van der Waals surface area (Å²) >= 11 is 5.87. The van der Waals surface area contributed by atoms with Crippen LogP contribution in [-0.4, -0.2) is 10.0 Å². The van der Waals surface area contributed by atoms with Crippen molar-refractivity contribution < 1.29 is 10.0 Å². The van der Waals surface area contributed by atoms with Gasteiger partial charge in [0.15, 0.2) is 0 Å². The number of benzene rings is 2. The van der Waals surface area contributed by atoms with E-state index in [-0.39, 0.29) is 11.4 Å². The number of rotatable bonds is 4. The molecule has 104 valence electrons. The summed E-state index contributed by atoms with van der Waals surface area (Å²) in [4.78, 5) is 10.4. The van der Waals surface area contributed by atoms with Gasteiger partial charge in [-0.15, -0.1) is 0 Å². The highest BCUT2D eigenvalue weighted by molar-refractivity contribution is 6.30. The van der Waals surface area contributed by atoms with Gasteiger partial charge in [-0.05, 0) is 31.2 Å². The maximum atomic E-state index is 10.9. The number of nitrogens with zero attached hydrogens (tertiary/aromatic N) is 1. The third-order valence-electron chi connectivity index (χ3n) is 3.01. The largest absolute Gasteiger partial charge is 0.508 e. The van der Waals surface area contributed by atoms with Gasteiger partial charge in [0.1, 0.15) is 5.75 Å². The van der Waals surface area contributed by atoms with Crippen LogP contribution in [0.3, 0.4) is 0 Å². The van der Waals surface area contributed by atoms with Crippen LogP contribution in [0.15, 0.2) is 36.4 Å². The van der Waals surface area contributed by atoms with Crippen LogP contribution in [0.25, 0.3) is 0 Å². The summed E-state index contributed by atoms with van der Waals surface area (Å²) in [6.07, 6.45) is 0. The average molecular weight is 293 g/mol. The molecule has 0 saturated carbocycles. The standard InChI is InChI=1S/C14H13ClN2O3/c1-9-12(3-2-4-13(9)17(19)20)16-8-10-7-11(15)5-6-14(10)18/h2-7,16,18H,8H2,1H3. The topological polar surface area (TPSA) is 75.4 Å². The van der Waals surface area contributed by atoms with Gasteiger partial charge in [-0.2, -0.15) is 0 Å².